The first-order valence-corrected chi connectivity index (χ1v) is 11.2. The van der Waals surface area contributed by atoms with Gasteiger partial charge in [-0.2, -0.15) is 0 Å². The highest BCUT2D eigenvalue weighted by atomic mass is 28.3. The van der Waals surface area contributed by atoms with Crippen LogP contribution in [0.2, 0.25) is 25.7 Å². The Morgan fingerprint density at radius 2 is 1.94 bits per heavy atom. The standard InChI is InChI=1S/C15H30O2Si/c1-6-14-10-13(8-7-9-18(3,4)5)11-15(14)17-12(2)16/h13-15H,6-11H2,1-5H3/t13-,14+,15+/m0/s1. The Balaban J connectivity index is 2.34. The molecule has 0 heterocycles. The molecule has 0 amide bonds. The van der Waals surface area contributed by atoms with Gasteiger partial charge in [0.1, 0.15) is 6.10 Å². The maximum Gasteiger partial charge on any atom is 0.302 e. The van der Waals surface area contributed by atoms with E-state index >= 15 is 0 Å². The van der Waals surface area contributed by atoms with Crippen molar-refractivity contribution in [2.75, 3.05) is 0 Å². The normalized spacial score (nSPS) is 28.4. The first-order chi connectivity index (χ1) is 8.31. The van der Waals surface area contributed by atoms with Crippen molar-refractivity contribution in [1.82, 2.24) is 0 Å². The van der Waals surface area contributed by atoms with E-state index in [9.17, 15) is 4.79 Å². The molecule has 1 rings (SSSR count). The fraction of sp³-hybridized carbons (Fsp3) is 0.933. The third kappa shape index (κ3) is 5.55. The van der Waals surface area contributed by atoms with Crippen LogP contribution in [0, 0.1) is 11.8 Å². The zero-order valence-electron chi connectivity index (χ0n) is 12.8. The summed E-state index contributed by atoms with van der Waals surface area (Å²) in [7, 11) is -0.883. The van der Waals surface area contributed by atoms with Gasteiger partial charge >= 0.3 is 5.97 Å². The summed E-state index contributed by atoms with van der Waals surface area (Å²) in [6.07, 6.45) is 6.40. The van der Waals surface area contributed by atoms with Gasteiger partial charge in [-0.05, 0) is 31.1 Å². The quantitative estimate of drug-likeness (QED) is 0.526. The van der Waals surface area contributed by atoms with Gasteiger partial charge in [-0.25, -0.2) is 0 Å². The van der Waals surface area contributed by atoms with Crippen LogP contribution in [-0.2, 0) is 9.53 Å². The average Bonchev–Trinajstić information content (AvgIpc) is 2.57. The zero-order valence-corrected chi connectivity index (χ0v) is 13.8. The van der Waals surface area contributed by atoms with Crippen molar-refractivity contribution in [3.63, 3.8) is 0 Å². The Labute approximate surface area is 113 Å². The number of ether oxygens (including phenoxy) is 1. The first-order valence-electron chi connectivity index (χ1n) is 7.49. The molecule has 1 fully saturated rings. The van der Waals surface area contributed by atoms with Crippen molar-refractivity contribution < 1.29 is 9.53 Å². The number of esters is 1. The Morgan fingerprint density at radius 1 is 1.28 bits per heavy atom. The fourth-order valence-electron chi connectivity index (χ4n) is 3.14. The van der Waals surface area contributed by atoms with Crippen LogP contribution in [0.4, 0.5) is 0 Å². The van der Waals surface area contributed by atoms with Crippen LogP contribution < -0.4 is 0 Å². The molecule has 3 atom stereocenters. The van der Waals surface area contributed by atoms with E-state index in [0.29, 0.717) is 5.92 Å². The van der Waals surface area contributed by atoms with E-state index in [4.69, 9.17) is 4.74 Å². The number of rotatable bonds is 6. The molecule has 106 valence electrons. The summed E-state index contributed by atoms with van der Waals surface area (Å²) in [4.78, 5) is 11.1. The van der Waals surface area contributed by atoms with Crippen molar-refractivity contribution >= 4 is 14.0 Å². The van der Waals surface area contributed by atoms with Crippen molar-refractivity contribution in [3.05, 3.63) is 0 Å². The van der Waals surface area contributed by atoms with Crippen molar-refractivity contribution in [1.29, 1.82) is 0 Å². The third-order valence-corrected chi connectivity index (χ3v) is 5.96. The molecule has 0 aromatic carbocycles. The molecule has 0 N–H and O–H groups in total. The van der Waals surface area contributed by atoms with Gasteiger partial charge in [0.25, 0.3) is 0 Å². The summed E-state index contributed by atoms with van der Waals surface area (Å²) < 4.78 is 5.46. The summed E-state index contributed by atoms with van der Waals surface area (Å²) >= 11 is 0. The lowest BCUT2D eigenvalue weighted by molar-refractivity contribution is -0.148. The van der Waals surface area contributed by atoms with E-state index in [1.807, 2.05) is 0 Å². The second-order valence-electron chi connectivity index (χ2n) is 7.11. The summed E-state index contributed by atoms with van der Waals surface area (Å²) in [6, 6.07) is 1.43. The lowest BCUT2D eigenvalue weighted by atomic mass is 9.99. The maximum absolute atomic E-state index is 11.1. The Morgan fingerprint density at radius 3 is 2.44 bits per heavy atom. The summed E-state index contributed by atoms with van der Waals surface area (Å²) in [5.74, 6) is 1.28. The third-order valence-electron chi connectivity index (χ3n) is 4.11. The topological polar surface area (TPSA) is 26.3 Å². The number of hydrogen-bond donors (Lipinski definition) is 0. The first kappa shape index (κ1) is 15.7. The zero-order chi connectivity index (χ0) is 13.8. The summed E-state index contributed by atoms with van der Waals surface area (Å²) in [5.41, 5.74) is 0. The van der Waals surface area contributed by atoms with E-state index in [2.05, 4.69) is 26.6 Å². The van der Waals surface area contributed by atoms with Crippen molar-refractivity contribution in [2.24, 2.45) is 11.8 Å². The predicted octanol–water partition coefficient (Wildman–Crippen LogP) is 4.47. The average molecular weight is 270 g/mol. The number of hydrogen-bond acceptors (Lipinski definition) is 2. The SMILES string of the molecule is CC[C@@H]1C[C@H](CCC[Si](C)(C)C)C[C@H]1OC(C)=O. The molecule has 0 aromatic rings. The summed E-state index contributed by atoms with van der Waals surface area (Å²) in [6.45, 7) is 11.1. The lowest BCUT2D eigenvalue weighted by Gasteiger charge is -2.17. The molecular weight excluding hydrogens is 240 g/mol. The molecule has 0 aliphatic heterocycles. The van der Waals surface area contributed by atoms with Crippen LogP contribution >= 0.6 is 0 Å². The van der Waals surface area contributed by atoms with E-state index in [-0.39, 0.29) is 12.1 Å². The van der Waals surface area contributed by atoms with Crippen LogP contribution in [0.15, 0.2) is 0 Å². The van der Waals surface area contributed by atoms with Crippen LogP contribution in [0.1, 0.15) is 46.0 Å². The number of carbonyl (C=O) groups excluding carboxylic acids is 1. The molecule has 1 aliphatic rings. The van der Waals surface area contributed by atoms with Crippen LogP contribution in [-0.4, -0.2) is 20.1 Å². The van der Waals surface area contributed by atoms with Crippen LogP contribution in [0.3, 0.4) is 0 Å². The molecule has 0 saturated heterocycles. The molecule has 1 aliphatic carbocycles. The highest BCUT2D eigenvalue weighted by molar-refractivity contribution is 6.76. The van der Waals surface area contributed by atoms with Gasteiger partial charge < -0.3 is 4.74 Å². The molecule has 2 nitrogen and oxygen atoms in total. The summed E-state index contributed by atoms with van der Waals surface area (Å²) in [5, 5.41) is 0. The molecule has 1 saturated carbocycles. The Kier molecular flexibility index (Phi) is 5.89. The lowest BCUT2D eigenvalue weighted by Crippen LogP contribution is -2.20. The van der Waals surface area contributed by atoms with Gasteiger partial charge in [0.15, 0.2) is 0 Å². The minimum Gasteiger partial charge on any atom is -0.462 e. The number of carbonyl (C=O) groups is 1. The second-order valence-corrected chi connectivity index (χ2v) is 12.7. The van der Waals surface area contributed by atoms with Crippen LogP contribution in [0.25, 0.3) is 0 Å². The van der Waals surface area contributed by atoms with E-state index in [1.54, 1.807) is 0 Å². The van der Waals surface area contributed by atoms with Crippen LogP contribution in [0.5, 0.6) is 0 Å². The molecule has 0 bridgehead atoms. The highest BCUT2D eigenvalue weighted by Crippen LogP contribution is 2.38. The molecular formula is C15H30O2Si. The molecule has 0 spiro atoms. The van der Waals surface area contributed by atoms with Gasteiger partial charge in [-0.3, -0.25) is 4.79 Å². The predicted molar refractivity (Wildman–Crippen MR) is 79.4 cm³/mol. The molecule has 18 heavy (non-hydrogen) atoms. The largest absolute Gasteiger partial charge is 0.462 e. The Bertz CT molecular complexity index is 270. The van der Waals surface area contributed by atoms with Gasteiger partial charge in [-0.15, -0.1) is 0 Å². The maximum atomic E-state index is 11.1. The molecule has 0 aromatic heterocycles. The second kappa shape index (κ2) is 6.74. The van der Waals surface area contributed by atoms with Gasteiger partial charge in [0.2, 0.25) is 0 Å². The molecule has 0 unspecified atom stereocenters. The monoisotopic (exact) mass is 270 g/mol. The van der Waals surface area contributed by atoms with E-state index in [1.165, 1.54) is 32.2 Å². The van der Waals surface area contributed by atoms with Gasteiger partial charge in [0.05, 0.1) is 0 Å². The minimum atomic E-state index is -0.883. The highest BCUT2D eigenvalue weighted by Gasteiger charge is 2.34. The fourth-order valence-corrected chi connectivity index (χ4v) is 4.41. The van der Waals surface area contributed by atoms with Crippen molar-refractivity contribution in [3.8, 4) is 0 Å². The smallest absolute Gasteiger partial charge is 0.302 e. The molecule has 3 heteroatoms. The van der Waals surface area contributed by atoms with Gasteiger partial charge in [0, 0.05) is 15.0 Å². The van der Waals surface area contributed by atoms with E-state index in [0.717, 1.165) is 18.8 Å². The van der Waals surface area contributed by atoms with E-state index < -0.39 is 8.07 Å². The Hall–Kier alpha value is -0.313. The van der Waals surface area contributed by atoms with Gasteiger partial charge in [-0.1, -0.05) is 45.5 Å². The van der Waals surface area contributed by atoms with Crippen molar-refractivity contribution in [2.45, 2.75) is 77.7 Å². The molecule has 0 radical (unpaired) electrons. The minimum absolute atomic E-state index is 0.110.